The zero-order valence-corrected chi connectivity index (χ0v) is 12.8. The van der Waals surface area contributed by atoms with Crippen LogP contribution in [0.15, 0.2) is 16.6 Å². The summed E-state index contributed by atoms with van der Waals surface area (Å²) in [5.74, 6) is 0.0992. The smallest absolute Gasteiger partial charge is 0.296 e. The molecule has 0 bridgehead atoms. The van der Waals surface area contributed by atoms with Gasteiger partial charge in [0.05, 0.1) is 16.9 Å². The van der Waals surface area contributed by atoms with E-state index in [1.165, 1.54) is 0 Å². The quantitative estimate of drug-likeness (QED) is 0.798. The van der Waals surface area contributed by atoms with Crippen molar-refractivity contribution >= 4 is 50.8 Å². The maximum atomic E-state index is 11.6. The molecule has 0 radical (unpaired) electrons. The second-order valence-corrected chi connectivity index (χ2v) is 7.16. The number of thioether (sulfide) groups is 1. The molecule has 100 valence electrons. The molecule has 3 rings (SSSR count). The Morgan fingerprint density at radius 1 is 1.42 bits per heavy atom. The monoisotopic (exact) mass is 340 g/mol. The van der Waals surface area contributed by atoms with Gasteiger partial charge in [0.1, 0.15) is 0 Å². The van der Waals surface area contributed by atoms with Crippen LogP contribution in [-0.4, -0.2) is 35.8 Å². The Hall–Kier alpha value is -1.01. The molecule has 19 heavy (non-hydrogen) atoms. The first-order chi connectivity index (χ1) is 9.06. The predicted molar refractivity (Wildman–Crippen MR) is 81.2 cm³/mol. The Balaban J connectivity index is 1.98. The van der Waals surface area contributed by atoms with Gasteiger partial charge in [0.25, 0.3) is 11.7 Å². The lowest BCUT2D eigenvalue weighted by Crippen LogP contribution is -2.36. The van der Waals surface area contributed by atoms with Crippen LogP contribution in [0.25, 0.3) is 0 Å². The number of carbonyl (C=O) groups excluding carboxylic acids is 2. The lowest BCUT2D eigenvalue weighted by molar-refractivity contribution is -0.112. The van der Waals surface area contributed by atoms with Gasteiger partial charge in [0.15, 0.2) is 0 Å². The third-order valence-electron chi connectivity index (χ3n) is 3.37. The highest BCUT2D eigenvalue weighted by Crippen LogP contribution is 2.36. The summed E-state index contributed by atoms with van der Waals surface area (Å²) < 4.78 is 0.871. The van der Waals surface area contributed by atoms with Gasteiger partial charge in [-0.1, -0.05) is 6.92 Å². The van der Waals surface area contributed by atoms with Crippen LogP contribution in [0.3, 0.4) is 0 Å². The molecular weight excluding hydrogens is 328 g/mol. The Labute approximate surface area is 124 Å². The first kappa shape index (κ1) is 13.0. The normalized spacial score (nSPS) is 22.4. The standard InChI is InChI=1S/C13H13BrN2O2S/c1-7-6-16(2-3-19-7)11-5-10-8(4-9(11)14)12(17)13(18)15-10/h4-5,7H,2-3,6H2,1H3,(H,15,17,18). The number of Topliss-reactive ketones (excluding diaryl/α,β-unsaturated/α-hetero) is 1. The topological polar surface area (TPSA) is 49.4 Å². The molecule has 1 unspecified atom stereocenters. The van der Waals surface area contributed by atoms with Crippen LogP contribution in [0.2, 0.25) is 0 Å². The van der Waals surface area contributed by atoms with Crippen LogP contribution in [-0.2, 0) is 4.79 Å². The number of nitrogens with one attached hydrogen (secondary N) is 1. The van der Waals surface area contributed by atoms with Crippen molar-refractivity contribution in [3.8, 4) is 0 Å². The minimum atomic E-state index is -0.540. The van der Waals surface area contributed by atoms with Crippen molar-refractivity contribution in [2.45, 2.75) is 12.2 Å². The number of hydrogen-bond donors (Lipinski definition) is 1. The fraction of sp³-hybridized carbons (Fsp3) is 0.385. The van der Waals surface area contributed by atoms with Crippen LogP contribution in [0.5, 0.6) is 0 Å². The third kappa shape index (κ3) is 2.27. The molecule has 6 heteroatoms. The van der Waals surface area contributed by atoms with Gasteiger partial charge in [-0.25, -0.2) is 0 Å². The number of hydrogen-bond acceptors (Lipinski definition) is 4. The molecule has 0 saturated carbocycles. The minimum Gasteiger partial charge on any atom is -0.369 e. The number of fused-ring (bicyclic) bond motifs is 1. The highest BCUT2D eigenvalue weighted by atomic mass is 79.9. The van der Waals surface area contributed by atoms with Crippen LogP contribution >= 0.6 is 27.7 Å². The molecule has 0 aromatic heterocycles. The Morgan fingerprint density at radius 3 is 2.95 bits per heavy atom. The number of anilines is 2. The highest BCUT2D eigenvalue weighted by Gasteiger charge is 2.30. The van der Waals surface area contributed by atoms with Gasteiger partial charge in [-0.15, -0.1) is 0 Å². The number of ketones is 1. The number of nitrogens with zero attached hydrogens (tertiary/aromatic N) is 1. The van der Waals surface area contributed by atoms with Gasteiger partial charge in [-0.3, -0.25) is 9.59 Å². The van der Waals surface area contributed by atoms with E-state index in [0.29, 0.717) is 16.5 Å². The summed E-state index contributed by atoms with van der Waals surface area (Å²) in [4.78, 5) is 25.3. The second kappa shape index (κ2) is 4.83. The van der Waals surface area contributed by atoms with Crippen LogP contribution in [0.4, 0.5) is 11.4 Å². The molecule has 2 heterocycles. The Bertz CT molecular complexity index is 576. The first-order valence-electron chi connectivity index (χ1n) is 6.12. The molecule has 1 atom stereocenters. The summed E-state index contributed by atoms with van der Waals surface area (Å²) in [7, 11) is 0. The van der Waals surface area contributed by atoms with E-state index in [4.69, 9.17) is 0 Å². The number of carbonyl (C=O) groups is 2. The highest BCUT2D eigenvalue weighted by molar-refractivity contribution is 9.10. The molecule has 2 aliphatic rings. The van der Waals surface area contributed by atoms with E-state index in [0.717, 1.165) is 29.0 Å². The van der Waals surface area contributed by atoms with E-state index >= 15 is 0 Å². The van der Waals surface area contributed by atoms with E-state index in [9.17, 15) is 9.59 Å². The van der Waals surface area contributed by atoms with Gasteiger partial charge in [0, 0.05) is 28.6 Å². The van der Waals surface area contributed by atoms with E-state index in [1.54, 1.807) is 6.07 Å². The summed E-state index contributed by atoms with van der Waals surface area (Å²) in [6.07, 6.45) is 0. The maximum Gasteiger partial charge on any atom is 0.296 e. The fourth-order valence-corrected chi connectivity index (χ4v) is 4.04. The summed E-state index contributed by atoms with van der Waals surface area (Å²) in [6.45, 7) is 4.17. The molecule has 0 aliphatic carbocycles. The van der Waals surface area contributed by atoms with Crippen molar-refractivity contribution in [2.24, 2.45) is 0 Å². The van der Waals surface area contributed by atoms with Crippen molar-refractivity contribution < 1.29 is 9.59 Å². The van der Waals surface area contributed by atoms with Crippen LogP contribution in [0, 0.1) is 0 Å². The molecule has 4 nitrogen and oxygen atoms in total. The predicted octanol–water partition coefficient (Wildman–Crippen LogP) is 2.53. The zero-order valence-electron chi connectivity index (χ0n) is 10.4. The van der Waals surface area contributed by atoms with Crippen molar-refractivity contribution in [2.75, 3.05) is 29.1 Å². The summed E-state index contributed by atoms with van der Waals surface area (Å²) in [6, 6.07) is 3.64. The summed E-state index contributed by atoms with van der Waals surface area (Å²) >= 11 is 5.48. The average molecular weight is 341 g/mol. The Kier molecular flexibility index (Phi) is 3.30. The maximum absolute atomic E-state index is 11.6. The van der Waals surface area contributed by atoms with E-state index in [-0.39, 0.29) is 0 Å². The lowest BCUT2D eigenvalue weighted by atomic mass is 10.1. The van der Waals surface area contributed by atoms with Gasteiger partial charge in [-0.05, 0) is 28.1 Å². The van der Waals surface area contributed by atoms with Crippen molar-refractivity contribution in [1.82, 2.24) is 0 Å². The minimum absolute atomic E-state index is 0.454. The number of amides is 1. The fourth-order valence-electron chi connectivity index (χ4n) is 2.43. The molecule has 1 amide bonds. The third-order valence-corrected chi connectivity index (χ3v) is 5.14. The van der Waals surface area contributed by atoms with E-state index < -0.39 is 11.7 Å². The molecule has 2 aliphatic heterocycles. The molecule has 1 saturated heterocycles. The molecule has 1 N–H and O–H groups in total. The number of benzene rings is 1. The van der Waals surface area contributed by atoms with Crippen LogP contribution in [0.1, 0.15) is 17.3 Å². The van der Waals surface area contributed by atoms with Crippen molar-refractivity contribution in [3.05, 3.63) is 22.2 Å². The van der Waals surface area contributed by atoms with Gasteiger partial charge in [0.2, 0.25) is 0 Å². The molecule has 1 fully saturated rings. The first-order valence-corrected chi connectivity index (χ1v) is 7.96. The zero-order chi connectivity index (χ0) is 13.6. The van der Waals surface area contributed by atoms with Crippen LogP contribution < -0.4 is 10.2 Å². The average Bonchev–Trinajstić information content (AvgIpc) is 2.65. The Morgan fingerprint density at radius 2 is 2.21 bits per heavy atom. The van der Waals surface area contributed by atoms with E-state index in [2.05, 4.69) is 33.1 Å². The van der Waals surface area contributed by atoms with Gasteiger partial charge in [-0.2, -0.15) is 11.8 Å². The summed E-state index contributed by atoms with van der Waals surface area (Å²) in [5, 5.41) is 3.21. The second-order valence-electron chi connectivity index (χ2n) is 4.76. The lowest BCUT2D eigenvalue weighted by Gasteiger charge is -2.33. The summed E-state index contributed by atoms with van der Waals surface area (Å²) in [5.41, 5.74) is 2.13. The molecule has 1 aromatic carbocycles. The molecule has 1 aromatic rings. The van der Waals surface area contributed by atoms with Gasteiger partial charge >= 0.3 is 0 Å². The largest absolute Gasteiger partial charge is 0.369 e. The SMILES string of the molecule is CC1CN(c2cc3c(cc2Br)C(=O)C(=O)N3)CCS1. The van der Waals surface area contributed by atoms with Crippen molar-refractivity contribution in [1.29, 1.82) is 0 Å². The van der Waals surface area contributed by atoms with Gasteiger partial charge < -0.3 is 10.2 Å². The van der Waals surface area contributed by atoms with E-state index in [1.807, 2.05) is 17.8 Å². The van der Waals surface area contributed by atoms with Crippen molar-refractivity contribution in [3.63, 3.8) is 0 Å². The number of halogens is 1. The molecular formula is C13H13BrN2O2S. The molecule has 0 spiro atoms. The number of rotatable bonds is 1.